The highest BCUT2D eigenvalue weighted by molar-refractivity contribution is 5.74. The summed E-state index contributed by atoms with van der Waals surface area (Å²) < 4.78 is 0. The van der Waals surface area contributed by atoms with Gasteiger partial charge in [-0.15, -0.1) is 0 Å². The monoisotopic (exact) mass is 292 g/mol. The van der Waals surface area contributed by atoms with Gasteiger partial charge in [-0.05, 0) is 24.5 Å². The molecule has 1 rings (SSSR count). The molecule has 0 fully saturated rings. The van der Waals surface area contributed by atoms with Gasteiger partial charge in [0.1, 0.15) is 0 Å². The minimum Gasteiger partial charge on any atom is -0.481 e. The van der Waals surface area contributed by atoms with Crippen LogP contribution in [0.1, 0.15) is 37.8 Å². The van der Waals surface area contributed by atoms with Gasteiger partial charge in [-0.1, -0.05) is 37.6 Å². The number of benzene rings is 1. The summed E-state index contributed by atoms with van der Waals surface area (Å²) in [7, 11) is 1.78. The predicted octanol–water partition coefficient (Wildman–Crippen LogP) is 2.64. The number of carbonyl (C=O) groups excluding carboxylic acids is 1. The summed E-state index contributed by atoms with van der Waals surface area (Å²) in [5, 5.41) is 11.7. The quantitative estimate of drug-likeness (QED) is 0.811. The Labute approximate surface area is 126 Å². The van der Waals surface area contributed by atoms with E-state index >= 15 is 0 Å². The minimum atomic E-state index is -0.873. The largest absolute Gasteiger partial charge is 0.481 e. The summed E-state index contributed by atoms with van der Waals surface area (Å²) >= 11 is 0. The molecule has 0 heterocycles. The Morgan fingerprint density at radius 3 is 2.48 bits per heavy atom. The molecule has 1 aromatic carbocycles. The molecule has 1 aromatic rings. The molecular weight excluding hydrogens is 268 g/mol. The SMILES string of the molecule is CCCC(C)N(C)C(=O)NCc1ccccc1CC(=O)O. The molecule has 0 spiro atoms. The summed E-state index contributed by atoms with van der Waals surface area (Å²) in [5.41, 5.74) is 1.57. The van der Waals surface area contributed by atoms with Crippen LogP contribution in [-0.4, -0.2) is 35.1 Å². The second kappa shape index (κ2) is 8.29. The molecule has 0 radical (unpaired) electrons. The molecule has 1 unspecified atom stereocenters. The number of nitrogens with one attached hydrogen (secondary N) is 1. The molecule has 0 bridgehead atoms. The second-order valence-electron chi connectivity index (χ2n) is 5.25. The van der Waals surface area contributed by atoms with Crippen molar-refractivity contribution < 1.29 is 14.7 Å². The summed E-state index contributed by atoms with van der Waals surface area (Å²) in [6.45, 7) is 4.44. The number of carboxylic acids is 1. The molecule has 0 aromatic heterocycles. The number of hydrogen-bond donors (Lipinski definition) is 2. The van der Waals surface area contributed by atoms with Crippen molar-refractivity contribution in [3.63, 3.8) is 0 Å². The number of hydrogen-bond acceptors (Lipinski definition) is 2. The van der Waals surface area contributed by atoms with Crippen LogP contribution < -0.4 is 5.32 Å². The highest BCUT2D eigenvalue weighted by atomic mass is 16.4. The number of nitrogens with zero attached hydrogens (tertiary/aromatic N) is 1. The number of urea groups is 1. The van der Waals surface area contributed by atoms with E-state index in [1.807, 2.05) is 19.1 Å². The molecule has 5 heteroatoms. The first-order valence-electron chi connectivity index (χ1n) is 7.25. The zero-order valence-electron chi connectivity index (χ0n) is 12.9. The fraction of sp³-hybridized carbons (Fsp3) is 0.500. The van der Waals surface area contributed by atoms with E-state index in [1.54, 1.807) is 24.1 Å². The lowest BCUT2D eigenvalue weighted by molar-refractivity contribution is -0.136. The van der Waals surface area contributed by atoms with E-state index in [-0.39, 0.29) is 18.5 Å². The van der Waals surface area contributed by atoms with Crippen LogP contribution in [0.25, 0.3) is 0 Å². The Morgan fingerprint density at radius 2 is 1.90 bits per heavy atom. The van der Waals surface area contributed by atoms with Crippen LogP contribution in [0, 0.1) is 0 Å². The van der Waals surface area contributed by atoms with Gasteiger partial charge in [0.25, 0.3) is 0 Å². The van der Waals surface area contributed by atoms with Gasteiger partial charge in [-0.2, -0.15) is 0 Å². The average molecular weight is 292 g/mol. The van der Waals surface area contributed by atoms with E-state index in [9.17, 15) is 9.59 Å². The lowest BCUT2D eigenvalue weighted by Crippen LogP contribution is -2.42. The third-order valence-electron chi connectivity index (χ3n) is 3.58. The van der Waals surface area contributed by atoms with E-state index in [1.165, 1.54) is 0 Å². The van der Waals surface area contributed by atoms with E-state index < -0.39 is 5.97 Å². The van der Waals surface area contributed by atoms with Crippen molar-refractivity contribution in [3.05, 3.63) is 35.4 Å². The van der Waals surface area contributed by atoms with Crippen molar-refractivity contribution in [2.24, 2.45) is 0 Å². The van der Waals surface area contributed by atoms with Crippen molar-refractivity contribution in [2.45, 2.75) is 45.7 Å². The van der Waals surface area contributed by atoms with Gasteiger partial charge >= 0.3 is 12.0 Å². The molecule has 0 saturated carbocycles. The zero-order chi connectivity index (χ0) is 15.8. The molecule has 0 saturated heterocycles. The summed E-state index contributed by atoms with van der Waals surface area (Å²) in [4.78, 5) is 24.6. The molecule has 0 aliphatic carbocycles. The van der Waals surface area contributed by atoms with Crippen LogP contribution in [0.2, 0.25) is 0 Å². The van der Waals surface area contributed by atoms with Gasteiger partial charge in [-0.3, -0.25) is 4.79 Å². The average Bonchev–Trinajstić information content (AvgIpc) is 2.44. The van der Waals surface area contributed by atoms with Crippen LogP contribution in [0.3, 0.4) is 0 Å². The van der Waals surface area contributed by atoms with E-state index in [2.05, 4.69) is 12.2 Å². The van der Waals surface area contributed by atoms with E-state index in [4.69, 9.17) is 5.11 Å². The fourth-order valence-electron chi connectivity index (χ4n) is 2.17. The number of aliphatic carboxylic acids is 1. The Hall–Kier alpha value is -2.04. The summed E-state index contributed by atoms with van der Waals surface area (Å²) in [6, 6.07) is 7.31. The molecule has 21 heavy (non-hydrogen) atoms. The van der Waals surface area contributed by atoms with Crippen LogP contribution in [-0.2, 0) is 17.8 Å². The summed E-state index contributed by atoms with van der Waals surface area (Å²) in [6.07, 6.45) is 1.95. The number of rotatable bonds is 7. The smallest absolute Gasteiger partial charge is 0.317 e. The van der Waals surface area contributed by atoms with Gasteiger partial charge in [0, 0.05) is 19.6 Å². The highest BCUT2D eigenvalue weighted by Crippen LogP contribution is 2.10. The van der Waals surface area contributed by atoms with E-state index in [0.717, 1.165) is 24.0 Å². The lowest BCUT2D eigenvalue weighted by Gasteiger charge is -2.25. The molecule has 5 nitrogen and oxygen atoms in total. The van der Waals surface area contributed by atoms with Crippen molar-refractivity contribution >= 4 is 12.0 Å². The van der Waals surface area contributed by atoms with Gasteiger partial charge < -0.3 is 15.3 Å². The van der Waals surface area contributed by atoms with Gasteiger partial charge in [0.15, 0.2) is 0 Å². The third kappa shape index (κ3) is 5.45. The molecule has 2 N–H and O–H groups in total. The fourth-order valence-corrected chi connectivity index (χ4v) is 2.17. The van der Waals surface area contributed by atoms with Crippen LogP contribution in [0.15, 0.2) is 24.3 Å². The van der Waals surface area contributed by atoms with Gasteiger partial charge in [0.05, 0.1) is 6.42 Å². The first-order valence-corrected chi connectivity index (χ1v) is 7.25. The Kier molecular flexibility index (Phi) is 6.72. The Bertz CT molecular complexity index is 488. The second-order valence-corrected chi connectivity index (χ2v) is 5.25. The number of carbonyl (C=O) groups is 2. The van der Waals surface area contributed by atoms with Crippen molar-refractivity contribution in [1.29, 1.82) is 0 Å². The third-order valence-corrected chi connectivity index (χ3v) is 3.58. The molecule has 0 aliphatic heterocycles. The topological polar surface area (TPSA) is 69.6 Å². The maximum absolute atomic E-state index is 12.1. The van der Waals surface area contributed by atoms with Crippen LogP contribution >= 0.6 is 0 Å². The maximum Gasteiger partial charge on any atom is 0.317 e. The molecule has 2 amide bonds. The van der Waals surface area contributed by atoms with Gasteiger partial charge in [-0.25, -0.2) is 4.79 Å². The molecular formula is C16H24N2O3. The zero-order valence-corrected chi connectivity index (χ0v) is 12.9. The van der Waals surface area contributed by atoms with E-state index in [0.29, 0.717) is 6.54 Å². The standard InChI is InChI=1S/C16H24N2O3/c1-4-7-12(2)18(3)16(21)17-11-14-9-6-5-8-13(14)10-15(19)20/h5-6,8-9,12H,4,7,10-11H2,1-3H3,(H,17,21)(H,19,20). The highest BCUT2D eigenvalue weighted by Gasteiger charge is 2.15. The maximum atomic E-state index is 12.1. The van der Waals surface area contributed by atoms with Crippen molar-refractivity contribution in [1.82, 2.24) is 10.2 Å². The molecule has 0 aliphatic rings. The minimum absolute atomic E-state index is 0.0336. The predicted molar refractivity (Wildman–Crippen MR) is 82.2 cm³/mol. The number of carboxylic acid groups (broad SMARTS) is 1. The normalized spacial score (nSPS) is 11.8. The van der Waals surface area contributed by atoms with Crippen molar-refractivity contribution in [2.75, 3.05) is 7.05 Å². The first kappa shape index (κ1) is 17.0. The molecule has 1 atom stereocenters. The van der Waals surface area contributed by atoms with Crippen molar-refractivity contribution in [3.8, 4) is 0 Å². The first-order chi connectivity index (χ1) is 9.95. The number of amides is 2. The summed E-state index contributed by atoms with van der Waals surface area (Å²) in [5.74, 6) is -0.873. The van der Waals surface area contributed by atoms with Gasteiger partial charge in [0.2, 0.25) is 0 Å². The Balaban J connectivity index is 2.62. The lowest BCUT2D eigenvalue weighted by atomic mass is 10.0. The van der Waals surface area contributed by atoms with Crippen LogP contribution in [0.5, 0.6) is 0 Å². The van der Waals surface area contributed by atoms with Crippen LogP contribution in [0.4, 0.5) is 4.79 Å². The molecule has 116 valence electrons. The Morgan fingerprint density at radius 1 is 1.29 bits per heavy atom.